The number of hydrogen-bond acceptors (Lipinski definition) is 5. The zero-order chi connectivity index (χ0) is 18.4. The molecule has 26 heavy (non-hydrogen) atoms. The fourth-order valence-electron chi connectivity index (χ4n) is 2.53. The van der Waals surface area contributed by atoms with Gasteiger partial charge in [0.2, 0.25) is 5.88 Å². The Morgan fingerprint density at radius 1 is 1.04 bits per heavy atom. The van der Waals surface area contributed by atoms with E-state index in [9.17, 15) is 9.59 Å². The predicted molar refractivity (Wildman–Crippen MR) is 98.3 cm³/mol. The lowest BCUT2D eigenvalue weighted by Gasteiger charge is -2.10. The number of hydrogen-bond donors (Lipinski definition) is 1. The summed E-state index contributed by atoms with van der Waals surface area (Å²) in [4.78, 5) is 28.3. The molecule has 0 spiro atoms. The van der Waals surface area contributed by atoms with Gasteiger partial charge in [0.05, 0.1) is 6.61 Å². The van der Waals surface area contributed by atoms with Gasteiger partial charge in [-0.05, 0) is 30.5 Å². The van der Waals surface area contributed by atoms with Gasteiger partial charge in [0.1, 0.15) is 5.56 Å². The number of amides is 1. The molecule has 0 unspecified atom stereocenters. The van der Waals surface area contributed by atoms with E-state index in [0.29, 0.717) is 12.3 Å². The normalized spacial score (nSPS) is 10.3. The molecule has 2 aromatic carbocycles. The average molecular weight is 350 g/mol. The second-order valence-electron chi connectivity index (χ2n) is 5.44. The van der Waals surface area contributed by atoms with E-state index in [0.717, 1.165) is 10.8 Å². The second-order valence-corrected chi connectivity index (χ2v) is 5.44. The Morgan fingerprint density at radius 3 is 2.69 bits per heavy atom. The number of fused-ring (bicyclic) bond motifs is 1. The third-order valence-corrected chi connectivity index (χ3v) is 3.67. The van der Waals surface area contributed by atoms with E-state index in [1.165, 1.54) is 6.20 Å². The second kappa shape index (κ2) is 8.11. The molecular weight excluding hydrogens is 332 g/mol. The van der Waals surface area contributed by atoms with Crippen LogP contribution in [0.15, 0.2) is 60.8 Å². The molecule has 1 amide bonds. The van der Waals surface area contributed by atoms with Gasteiger partial charge in [-0.1, -0.05) is 36.4 Å². The van der Waals surface area contributed by atoms with Gasteiger partial charge in [-0.15, -0.1) is 0 Å². The standard InChI is InChI=1S/C20H18N2O4/c1-2-25-19-16(10-6-12-21-19)20(24)26-13-18(23)22-17-11-5-8-14-7-3-4-9-15(14)17/h3-12H,2,13H2,1H3,(H,22,23). The van der Waals surface area contributed by atoms with Crippen molar-refractivity contribution in [3.63, 3.8) is 0 Å². The van der Waals surface area contributed by atoms with Crippen LogP contribution in [0.25, 0.3) is 10.8 Å². The Hall–Kier alpha value is -3.41. The van der Waals surface area contributed by atoms with Gasteiger partial charge in [0.25, 0.3) is 5.91 Å². The van der Waals surface area contributed by atoms with Crippen molar-refractivity contribution in [2.45, 2.75) is 6.92 Å². The van der Waals surface area contributed by atoms with Crippen LogP contribution in [-0.2, 0) is 9.53 Å². The van der Waals surface area contributed by atoms with E-state index in [4.69, 9.17) is 9.47 Å². The summed E-state index contributed by atoms with van der Waals surface area (Å²) in [6.45, 7) is 1.77. The lowest BCUT2D eigenvalue weighted by molar-refractivity contribution is -0.119. The smallest absolute Gasteiger partial charge is 0.344 e. The van der Waals surface area contributed by atoms with Crippen molar-refractivity contribution in [2.24, 2.45) is 0 Å². The summed E-state index contributed by atoms with van der Waals surface area (Å²) in [6, 6.07) is 16.5. The minimum absolute atomic E-state index is 0.187. The van der Waals surface area contributed by atoms with Gasteiger partial charge in [0.15, 0.2) is 6.61 Å². The van der Waals surface area contributed by atoms with Crippen LogP contribution in [-0.4, -0.2) is 30.1 Å². The molecular formula is C20H18N2O4. The highest BCUT2D eigenvalue weighted by Gasteiger charge is 2.16. The quantitative estimate of drug-likeness (QED) is 0.689. The van der Waals surface area contributed by atoms with Crippen LogP contribution in [0, 0.1) is 0 Å². The van der Waals surface area contributed by atoms with Gasteiger partial charge in [-0.3, -0.25) is 4.79 Å². The van der Waals surface area contributed by atoms with Gasteiger partial charge in [-0.2, -0.15) is 0 Å². The maximum absolute atomic E-state index is 12.2. The van der Waals surface area contributed by atoms with Crippen molar-refractivity contribution >= 4 is 28.3 Å². The van der Waals surface area contributed by atoms with Crippen LogP contribution in [0.1, 0.15) is 17.3 Å². The number of benzene rings is 2. The number of carbonyl (C=O) groups is 2. The predicted octanol–water partition coefficient (Wildman–Crippen LogP) is 3.43. The van der Waals surface area contributed by atoms with Crippen molar-refractivity contribution in [1.29, 1.82) is 0 Å². The third-order valence-electron chi connectivity index (χ3n) is 3.67. The minimum Gasteiger partial charge on any atom is -0.477 e. The topological polar surface area (TPSA) is 77.5 Å². The number of ether oxygens (including phenoxy) is 2. The SMILES string of the molecule is CCOc1ncccc1C(=O)OCC(=O)Nc1cccc2ccccc12. The van der Waals surface area contributed by atoms with Crippen molar-refractivity contribution in [2.75, 3.05) is 18.5 Å². The maximum atomic E-state index is 12.2. The Labute approximate surface area is 150 Å². The van der Waals surface area contributed by atoms with Crippen molar-refractivity contribution in [3.8, 4) is 5.88 Å². The molecule has 0 bridgehead atoms. The summed E-state index contributed by atoms with van der Waals surface area (Å²) >= 11 is 0. The van der Waals surface area contributed by atoms with E-state index < -0.39 is 18.5 Å². The Balaban J connectivity index is 1.65. The highest BCUT2D eigenvalue weighted by atomic mass is 16.5. The number of esters is 1. The fraction of sp³-hybridized carbons (Fsp3) is 0.150. The van der Waals surface area contributed by atoms with Crippen LogP contribution in [0.4, 0.5) is 5.69 Å². The highest BCUT2D eigenvalue weighted by Crippen LogP contribution is 2.23. The summed E-state index contributed by atoms with van der Waals surface area (Å²) in [5, 5.41) is 4.70. The van der Waals surface area contributed by atoms with Crippen LogP contribution < -0.4 is 10.1 Å². The first-order valence-electron chi connectivity index (χ1n) is 8.21. The lowest BCUT2D eigenvalue weighted by atomic mass is 10.1. The molecule has 0 saturated heterocycles. The van der Waals surface area contributed by atoms with Crippen molar-refractivity contribution < 1.29 is 19.1 Å². The highest BCUT2D eigenvalue weighted by molar-refractivity contribution is 6.03. The van der Waals surface area contributed by atoms with E-state index >= 15 is 0 Å². The summed E-state index contributed by atoms with van der Waals surface area (Å²) in [5.41, 5.74) is 0.854. The molecule has 1 aromatic heterocycles. The molecule has 1 heterocycles. The van der Waals surface area contributed by atoms with Crippen LogP contribution >= 0.6 is 0 Å². The minimum atomic E-state index is -0.658. The number of nitrogens with zero attached hydrogens (tertiary/aromatic N) is 1. The summed E-state index contributed by atoms with van der Waals surface area (Å²) in [6.07, 6.45) is 1.52. The first-order chi connectivity index (χ1) is 12.7. The van der Waals surface area contributed by atoms with Gasteiger partial charge in [-0.25, -0.2) is 9.78 Å². The zero-order valence-electron chi connectivity index (χ0n) is 14.3. The maximum Gasteiger partial charge on any atom is 0.344 e. The van der Waals surface area contributed by atoms with Crippen molar-refractivity contribution in [3.05, 3.63) is 66.4 Å². The Morgan fingerprint density at radius 2 is 1.85 bits per heavy atom. The molecule has 132 valence electrons. The van der Waals surface area contributed by atoms with E-state index in [-0.39, 0.29) is 11.4 Å². The number of pyridine rings is 1. The summed E-state index contributed by atoms with van der Waals surface area (Å²) in [7, 11) is 0. The van der Waals surface area contributed by atoms with Gasteiger partial charge >= 0.3 is 5.97 Å². The molecule has 0 aliphatic carbocycles. The zero-order valence-corrected chi connectivity index (χ0v) is 14.3. The molecule has 0 radical (unpaired) electrons. The van der Waals surface area contributed by atoms with E-state index in [1.54, 1.807) is 25.1 Å². The van der Waals surface area contributed by atoms with Crippen LogP contribution in [0.3, 0.4) is 0 Å². The molecule has 3 aromatic rings. The number of anilines is 1. The van der Waals surface area contributed by atoms with Gasteiger partial charge < -0.3 is 14.8 Å². The number of carbonyl (C=O) groups excluding carboxylic acids is 2. The lowest BCUT2D eigenvalue weighted by Crippen LogP contribution is -2.21. The molecule has 1 N–H and O–H groups in total. The summed E-state index contributed by atoms with van der Waals surface area (Å²) in [5.74, 6) is -0.888. The Kier molecular flexibility index (Phi) is 5.43. The Bertz CT molecular complexity index is 935. The van der Waals surface area contributed by atoms with Crippen LogP contribution in [0.5, 0.6) is 5.88 Å². The first-order valence-corrected chi connectivity index (χ1v) is 8.21. The van der Waals surface area contributed by atoms with Crippen molar-refractivity contribution in [1.82, 2.24) is 4.98 Å². The average Bonchev–Trinajstić information content (AvgIpc) is 2.67. The molecule has 3 rings (SSSR count). The molecule has 0 aliphatic heterocycles. The monoisotopic (exact) mass is 350 g/mol. The molecule has 0 atom stereocenters. The molecule has 0 fully saturated rings. The number of nitrogens with one attached hydrogen (secondary N) is 1. The first kappa shape index (κ1) is 17.4. The van der Waals surface area contributed by atoms with Crippen LogP contribution in [0.2, 0.25) is 0 Å². The largest absolute Gasteiger partial charge is 0.477 e. The molecule has 0 saturated carbocycles. The van der Waals surface area contributed by atoms with E-state index in [1.807, 2.05) is 36.4 Å². The number of rotatable bonds is 6. The molecule has 6 heteroatoms. The molecule has 6 nitrogen and oxygen atoms in total. The van der Waals surface area contributed by atoms with Gasteiger partial charge in [0, 0.05) is 17.3 Å². The number of aromatic nitrogens is 1. The molecule has 0 aliphatic rings. The summed E-state index contributed by atoms with van der Waals surface area (Å²) < 4.78 is 10.4. The van der Waals surface area contributed by atoms with E-state index in [2.05, 4.69) is 10.3 Å². The fourth-order valence-corrected chi connectivity index (χ4v) is 2.53. The third kappa shape index (κ3) is 3.97.